The molecule has 0 aliphatic carbocycles. The average Bonchev–Trinajstić information content (AvgIpc) is 2.46. The lowest BCUT2D eigenvalue weighted by Crippen LogP contribution is -2.24. The molecule has 0 aliphatic heterocycles. The van der Waals surface area contributed by atoms with Crippen LogP contribution in [0.25, 0.3) is 0 Å². The molecule has 1 N–H and O–H groups in total. The smallest absolute Gasteiger partial charge is 0.261 e. The first kappa shape index (κ1) is 17.6. The Bertz CT molecular complexity index is 910. The minimum absolute atomic E-state index is 0.0438. The van der Waals surface area contributed by atoms with Crippen LogP contribution in [0.3, 0.4) is 0 Å². The highest BCUT2D eigenvalue weighted by Gasteiger charge is 2.15. The van der Waals surface area contributed by atoms with Crippen molar-refractivity contribution in [1.29, 1.82) is 0 Å². The van der Waals surface area contributed by atoms with Crippen LogP contribution in [-0.4, -0.2) is 30.1 Å². The van der Waals surface area contributed by atoms with Gasteiger partial charge in [0.15, 0.2) is 0 Å². The first-order valence-corrected chi connectivity index (χ1v) is 10.1. The predicted molar refractivity (Wildman–Crippen MR) is 91.9 cm³/mol. The van der Waals surface area contributed by atoms with Gasteiger partial charge in [-0.2, -0.15) is 0 Å². The molecule has 2 aromatic carbocycles. The number of halogens is 1. The van der Waals surface area contributed by atoms with Crippen molar-refractivity contribution in [3.63, 3.8) is 0 Å². The second kappa shape index (κ2) is 6.38. The zero-order chi connectivity index (χ0) is 17.3. The number of anilines is 2. The summed E-state index contributed by atoms with van der Waals surface area (Å²) in [6.45, 7) is 0. The molecule has 0 amide bonds. The van der Waals surface area contributed by atoms with E-state index in [1.165, 1.54) is 43.4 Å². The maximum atomic E-state index is 12.3. The summed E-state index contributed by atoms with van der Waals surface area (Å²) in [5, 5.41) is 0.318. The highest BCUT2D eigenvalue weighted by Crippen LogP contribution is 2.22. The van der Waals surface area contributed by atoms with Crippen molar-refractivity contribution < 1.29 is 16.8 Å². The zero-order valence-corrected chi connectivity index (χ0v) is 14.8. The average molecular weight is 375 g/mol. The van der Waals surface area contributed by atoms with Crippen molar-refractivity contribution in [1.82, 2.24) is 0 Å². The van der Waals surface area contributed by atoms with Gasteiger partial charge in [0.05, 0.1) is 16.8 Å². The third kappa shape index (κ3) is 4.37. The molecule has 0 aromatic heterocycles. The Morgan fingerprint density at radius 3 is 2.13 bits per heavy atom. The summed E-state index contributed by atoms with van der Waals surface area (Å²) in [4.78, 5) is 0.0438. The van der Waals surface area contributed by atoms with Crippen LogP contribution in [0.5, 0.6) is 0 Å². The van der Waals surface area contributed by atoms with E-state index in [1.54, 1.807) is 12.1 Å². The molecular formula is C14H15ClN2O4S2. The van der Waals surface area contributed by atoms with E-state index in [2.05, 4.69) is 4.72 Å². The van der Waals surface area contributed by atoms with Crippen LogP contribution < -0.4 is 9.03 Å². The second-order valence-corrected chi connectivity index (χ2v) is 8.97. The van der Waals surface area contributed by atoms with Gasteiger partial charge < -0.3 is 0 Å². The maximum absolute atomic E-state index is 12.3. The molecule has 0 heterocycles. The summed E-state index contributed by atoms with van der Waals surface area (Å²) in [5.74, 6) is 0. The van der Waals surface area contributed by atoms with Crippen LogP contribution in [0.4, 0.5) is 11.4 Å². The largest absolute Gasteiger partial charge is 0.280 e. The van der Waals surface area contributed by atoms with E-state index < -0.39 is 20.0 Å². The Labute approximate surface area is 140 Å². The summed E-state index contributed by atoms with van der Waals surface area (Å²) in [6, 6.07) is 11.9. The first-order valence-electron chi connectivity index (χ1n) is 6.42. The Hall–Kier alpha value is -1.77. The van der Waals surface area contributed by atoms with Gasteiger partial charge in [-0.15, -0.1) is 0 Å². The number of nitrogens with one attached hydrogen (secondary N) is 1. The number of nitrogens with zero attached hydrogens (tertiary/aromatic N) is 1. The fourth-order valence-corrected chi connectivity index (χ4v) is 3.64. The highest BCUT2D eigenvalue weighted by atomic mass is 35.5. The van der Waals surface area contributed by atoms with Gasteiger partial charge in [0.1, 0.15) is 0 Å². The standard InChI is InChI=1S/C14H15ClN2O4S2/c1-17(22(2,18)19)13-8-6-12(7-9-13)16-23(20,21)14-5-3-4-11(15)10-14/h3-10,16H,1-2H3. The van der Waals surface area contributed by atoms with Crippen LogP contribution >= 0.6 is 11.6 Å². The third-order valence-electron chi connectivity index (χ3n) is 3.09. The van der Waals surface area contributed by atoms with Crippen LogP contribution in [0, 0.1) is 0 Å². The van der Waals surface area contributed by atoms with Crippen molar-refractivity contribution in [3.8, 4) is 0 Å². The molecule has 0 aliphatic rings. The molecule has 9 heteroatoms. The lowest BCUT2D eigenvalue weighted by atomic mass is 10.3. The minimum atomic E-state index is -3.76. The van der Waals surface area contributed by atoms with Crippen molar-refractivity contribution in [2.24, 2.45) is 0 Å². The van der Waals surface area contributed by atoms with Crippen LogP contribution in [0.15, 0.2) is 53.4 Å². The van der Waals surface area contributed by atoms with Gasteiger partial charge in [-0.25, -0.2) is 16.8 Å². The molecule has 6 nitrogen and oxygen atoms in total. The predicted octanol–water partition coefficient (Wildman–Crippen LogP) is 2.54. The number of benzene rings is 2. The van der Waals surface area contributed by atoms with E-state index in [9.17, 15) is 16.8 Å². The van der Waals surface area contributed by atoms with Gasteiger partial charge in [-0.3, -0.25) is 9.03 Å². The summed E-state index contributed by atoms with van der Waals surface area (Å²) >= 11 is 5.80. The molecule has 0 bridgehead atoms. The molecule has 0 saturated carbocycles. The van der Waals surface area contributed by atoms with Gasteiger partial charge in [-0.1, -0.05) is 17.7 Å². The number of hydrogen-bond acceptors (Lipinski definition) is 4. The number of hydrogen-bond donors (Lipinski definition) is 1. The van der Waals surface area contributed by atoms with E-state index in [0.29, 0.717) is 16.4 Å². The van der Waals surface area contributed by atoms with Crippen molar-refractivity contribution in [2.45, 2.75) is 4.90 Å². The molecule has 0 unspecified atom stereocenters. The molecule has 0 saturated heterocycles. The molecule has 2 aromatic rings. The quantitative estimate of drug-likeness (QED) is 0.871. The molecule has 2 rings (SSSR count). The molecule has 23 heavy (non-hydrogen) atoms. The van der Waals surface area contributed by atoms with E-state index in [-0.39, 0.29) is 4.90 Å². The van der Waals surface area contributed by atoms with E-state index >= 15 is 0 Å². The second-order valence-electron chi connectivity index (χ2n) is 4.84. The van der Waals surface area contributed by atoms with Gasteiger partial charge in [0.25, 0.3) is 10.0 Å². The Morgan fingerprint density at radius 2 is 1.61 bits per heavy atom. The fraction of sp³-hybridized carbons (Fsp3) is 0.143. The van der Waals surface area contributed by atoms with E-state index in [4.69, 9.17) is 11.6 Å². The summed E-state index contributed by atoms with van der Waals surface area (Å²) in [7, 11) is -5.72. The summed E-state index contributed by atoms with van der Waals surface area (Å²) in [6.07, 6.45) is 1.09. The van der Waals surface area contributed by atoms with E-state index in [1.807, 2.05) is 0 Å². The molecular weight excluding hydrogens is 360 g/mol. The topological polar surface area (TPSA) is 83.6 Å². The van der Waals surface area contributed by atoms with Crippen LogP contribution in [0.1, 0.15) is 0 Å². The Kier molecular flexibility index (Phi) is 4.88. The molecule has 0 radical (unpaired) electrons. The van der Waals surface area contributed by atoms with Gasteiger partial charge in [-0.05, 0) is 42.5 Å². The van der Waals surface area contributed by atoms with E-state index in [0.717, 1.165) is 10.6 Å². The molecule has 124 valence electrons. The van der Waals surface area contributed by atoms with Crippen molar-refractivity contribution in [3.05, 3.63) is 53.6 Å². The normalized spacial score (nSPS) is 12.0. The van der Waals surface area contributed by atoms with Gasteiger partial charge in [0, 0.05) is 17.8 Å². The monoisotopic (exact) mass is 374 g/mol. The number of sulfonamides is 2. The zero-order valence-electron chi connectivity index (χ0n) is 12.4. The lowest BCUT2D eigenvalue weighted by molar-refractivity contribution is 0.598. The first-order chi connectivity index (χ1) is 10.6. The van der Waals surface area contributed by atoms with Crippen molar-refractivity contribution in [2.75, 3.05) is 22.3 Å². The number of rotatable bonds is 5. The van der Waals surface area contributed by atoms with Crippen LogP contribution in [-0.2, 0) is 20.0 Å². The summed E-state index contributed by atoms with van der Waals surface area (Å²) < 4.78 is 51.0. The fourth-order valence-electron chi connectivity index (χ4n) is 1.78. The molecule has 0 fully saturated rings. The maximum Gasteiger partial charge on any atom is 0.261 e. The third-order valence-corrected chi connectivity index (χ3v) is 5.91. The Morgan fingerprint density at radius 1 is 1.00 bits per heavy atom. The Balaban J connectivity index is 2.24. The minimum Gasteiger partial charge on any atom is -0.280 e. The van der Waals surface area contributed by atoms with Gasteiger partial charge >= 0.3 is 0 Å². The molecule has 0 spiro atoms. The van der Waals surface area contributed by atoms with Crippen molar-refractivity contribution >= 4 is 43.0 Å². The lowest BCUT2D eigenvalue weighted by Gasteiger charge is -2.17. The highest BCUT2D eigenvalue weighted by molar-refractivity contribution is 7.92. The SMILES string of the molecule is CN(c1ccc(NS(=O)(=O)c2cccc(Cl)c2)cc1)S(C)(=O)=O. The summed E-state index contributed by atoms with van der Waals surface area (Å²) in [5.41, 5.74) is 0.744. The van der Waals surface area contributed by atoms with Crippen LogP contribution in [0.2, 0.25) is 5.02 Å². The molecule has 0 atom stereocenters. The van der Waals surface area contributed by atoms with Gasteiger partial charge in [0.2, 0.25) is 10.0 Å².